The van der Waals surface area contributed by atoms with E-state index in [0.717, 1.165) is 19.0 Å². The smallest absolute Gasteiger partial charge is 0.190 e. The summed E-state index contributed by atoms with van der Waals surface area (Å²) < 4.78 is 0. The zero-order valence-corrected chi connectivity index (χ0v) is 13.3. The van der Waals surface area contributed by atoms with Gasteiger partial charge in [-0.25, -0.2) is 0 Å². The van der Waals surface area contributed by atoms with Crippen LogP contribution >= 0.6 is 24.0 Å². The molecule has 0 bridgehead atoms. The second-order valence-electron chi connectivity index (χ2n) is 5.52. The van der Waals surface area contributed by atoms with E-state index in [9.17, 15) is 0 Å². The molecular formula is C13H26IN3. The first kappa shape index (κ1) is 15.1. The third-order valence-electron chi connectivity index (χ3n) is 4.38. The summed E-state index contributed by atoms with van der Waals surface area (Å²) in [6.07, 6.45) is 11.2. The number of nitrogens with two attached hydrogens (primary N) is 1. The average Bonchev–Trinajstić information content (AvgIpc) is 2.54. The van der Waals surface area contributed by atoms with Crippen LogP contribution in [0.5, 0.6) is 0 Å². The van der Waals surface area contributed by atoms with E-state index in [1.165, 1.54) is 51.4 Å². The fourth-order valence-electron chi connectivity index (χ4n) is 3.43. The number of likely N-dealkylation sites (tertiary alicyclic amines) is 1. The molecule has 0 aromatic rings. The van der Waals surface area contributed by atoms with Gasteiger partial charge in [0.05, 0.1) is 0 Å². The van der Waals surface area contributed by atoms with Crippen molar-refractivity contribution in [3.05, 3.63) is 0 Å². The Morgan fingerprint density at radius 3 is 2.24 bits per heavy atom. The molecule has 1 saturated carbocycles. The van der Waals surface area contributed by atoms with Crippen LogP contribution in [0.15, 0.2) is 4.99 Å². The fraction of sp³-hybridized carbons (Fsp3) is 0.923. The molecular weight excluding hydrogens is 325 g/mol. The van der Waals surface area contributed by atoms with Crippen LogP contribution in [0.2, 0.25) is 0 Å². The van der Waals surface area contributed by atoms with Crippen LogP contribution in [0.25, 0.3) is 0 Å². The summed E-state index contributed by atoms with van der Waals surface area (Å²) in [6, 6.07) is 0. The molecule has 0 radical (unpaired) electrons. The molecule has 0 aromatic carbocycles. The van der Waals surface area contributed by atoms with Crippen molar-refractivity contribution in [2.24, 2.45) is 16.1 Å². The molecule has 2 fully saturated rings. The average molecular weight is 351 g/mol. The third kappa shape index (κ3) is 3.73. The lowest BCUT2D eigenvalue weighted by molar-refractivity contribution is 0.117. The second-order valence-corrected chi connectivity index (χ2v) is 5.52. The van der Waals surface area contributed by atoms with Crippen molar-refractivity contribution in [3.8, 4) is 0 Å². The van der Waals surface area contributed by atoms with Crippen LogP contribution in [0, 0.1) is 5.41 Å². The SMILES string of the molecule is CN=C(N)N1CCCC2(CCCCCC2)C1.I. The van der Waals surface area contributed by atoms with E-state index in [4.69, 9.17) is 5.73 Å². The van der Waals surface area contributed by atoms with Gasteiger partial charge in [-0.2, -0.15) is 0 Å². The molecule has 0 unspecified atom stereocenters. The predicted octanol–water partition coefficient (Wildman–Crippen LogP) is 2.99. The van der Waals surface area contributed by atoms with Crippen molar-refractivity contribution in [2.45, 2.75) is 51.4 Å². The zero-order valence-electron chi connectivity index (χ0n) is 11.0. The van der Waals surface area contributed by atoms with Crippen LogP contribution < -0.4 is 5.73 Å². The molecule has 1 heterocycles. The number of hydrogen-bond acceptors (Lipinski definition) is 1. The number of aliphatic imine (C=N–C) groups is 1. The minimum Gasteiger partial charge on any atom is -0.370 e. The molecule has 3 nitrogen and oxygen atoms in total. The highest BCUT2D eigenvalue weighted by Crippen LogP contribution is 2.41. The standard InChI is InChI=1S/C13H25N3.HI/c1-15-12(14)16-10-6-9-13(11-16)7-4-2-3-5-8-13;/h2-11H2,1H3,(H2,14,15);1H. The Hall–Kier alpha value is 0. The Morgan fingerprint density at radius 1 is 1.06 bits per heavy atom. The number of piperidine rings is 1. The van der Waals surface area contributed by atoms with E-state index in [1.54, 1.807) is 7.05 Å². The predicted molar refractivity (Wildman–Crippen MR) is 83.9 cm³/mol. The van der Waals surface area contributed by atoms with Crippen LogP contribution in [0.3, 0.4) is 0 Å². The van der Waals surface area contributed by atoms with Gasteiger partial charge in [0.15, 0.2) is 5.96 Å². The maximum Gasteiger partial charge on any atom is 0.190 e. The van der Waals surface area contributed by atoms with Crippen LogP contribution in [0.4, 0.5) is 0 Å². The first-order valence-corrected chi connectivity index (χ1v) is 6.73. The van der Waals surface area contributed by atoms with Gasteiger partial charge in [0.1, 0.15) is 0 Å². The highest BCUT2D eigenvalue weighted by Gasteiger charge is 2.35. The monoisotopic (exact) mass is 351 g/mol. The normalized spacial score (nSPS) is 25.2. The molecule has 17 heavy (non-hydrogen) atoms. The molecule has 1 saturated heterocycles. The first-order valence-electron chi connectivity index (χ1n) is 6.73. The number of halogens is 1. The summed E-state index contributed by atoms with van der Waals surface area (Å²) in [4.78, 5) is 6.43. The highest BCUT2D eigenvalue weighted by atomic mass is 127. The molecule has 0 amide bonds. The molecule has 0 atom stereocenters. The van der Waals surface area contributed by atoms with Gasteiger partial charge in [-0.3, -0.25) is 4.99 Å². The number of guanidine groups is 1. The van der Waals surface area contributed by atoms with Crippen LogP contribution in [-0.2, 0) is 0 Å². The summed E-state index contributed by atoms with van der Waals surface area (Å²) in [5.41, 5.74) is 6.51. The Bertz CT molecular complexity index is 257. The Morgan fingerprint density at radius 2 is 1.65 bits per heavy atom. The first-order chi connectivity index (χ1) is 7.76. The molecule has 1 aliphatic heterocycles. The maximum absolute atomic E-state index is 5.95. The number of nitrogens with zero attached hydrogens (tertiary/aromatic N) is 2. The van der Waals surface area contributed by atoms with Crippen molar-refractivity contribution in [1.29, 1.82) is 0 Å². The second kappa shape index (κ2) is 6.81. The van der Waals surface area contributed by atoms with Gasteiger partial charge in [-0.15, -0.1) is 24.0 Å². The van der Waals surface area contributed by atoms with Gasteiger partial charge in [-0.1, -0.05) is 25.7 Å². The number of rotatable bonds is 0. The summed E-state index contributed by atoms with van der Waals surface area (Å²) >= 11 is 0. The summed E-state index contributed by atoms with van der Waals surface area (Å²) in [7, 11) is 1.80. The topological polar surface area (TPSA) is 41.6 Å². The molecule has 1 spiro atoms. The van der Waals surface area contributed by atoms with E-state index in [-0.39, 0.29) is 24.0 Å². The van der Waals surface area contributed by atoms with Gasteiger partial charge in [0.25, 0.3) is 0 Å². The van der Waals surface area contributed by atoms with Crippen molar-refractivity contribution >= 4 is 29.9 Å². The molecule has 4 heteroatoms. The van der Waals surface area contributed by atoms with Gasteiger partial charge >= 0.3 is 0 Å². The van der Waals surface area contributed by atoms with E-state index in [0.29, 0.717) is 5.41 Å². The van der Waals surface area contributed by atoms with Gasteiger partial charge in [0.2, 0.25) is 0 Å². The zero-order chi connectivity index (χ0) is 11.4. The van der Waals surface area contributed by atoms with E-state index < -0.39 is 0 Å². The van der Waals surface area contributed by atoms with E-state index in [1.807, 2.05) is 0 Å². The van der Waals surface area contributed by atoms with Crippen molar-refractivity contribution in [1.82, 2.24) is 4.90 Å². The lowest BCUT2D eigenvalue weighted by Gasteiger charge is -2.43. The Balaban J connectivity index is 0.00000144. The van der Waals surface area contributed by atoms with Crippen molar-refractivity contribution < 1.29 is 0 Å². The summed E-state index contributed by atoms with van der Waals surface area (Å²) in [5, 5.41) is 0. The van der Waals surface area contributed by atoms with Gasteiger partial charge < -0.3 is 10.6 Å². The van der Waals surface area contributed by atoms with Crippen LogP contribution in [-0.4, -0.2) is 31.0 Å². The van der Waals surface area contributed by atoms with Gasteiger partial charge in [-0.05, 0) is 31.1 Å². The highest BCUT2D eigenvalue weighted by molar-refractivity contribution is 14.0. The lowest BCUT2D eigenvalue weighted by atomic mass is 9.74. The Labute approximate surface area is 122 Å². The minimum atomic E-state index is 0. The molecule has 0 aromatic heterocycles. The molecule has 2 aliphatic rings. The lowest BCUT2D eigenvalue weighted by Crippen LogP contribution is -2.48. The third-order valence-corrected chi connectivity index (χ3v) is 4.38. The number of hydrogen-bond donors (Lipinski definition) is 1. The molecule has 2 N–H and O–H groups in total. The van der Waals surface area contributed by atoms with Crippen LogP contribution in [0.1, 0.15) is 51.4 Å². The van der Waals surface area contributed by atoms with E-state index >= 15 is 0 Å². The van der Waals surface area contributed by atoms with Gasteiger partial charge in [0, 0.05) is 20.1 Å². The molecule has 100 valence electrons. The molecule has 1 aliphatic carbocycles. The minimum absolute atomic E-state index is 0. The Kier molecular flexibility index (Phi) is 6.03. The molecule has 2 rings (SSSR count). The summed E-state index contributed by atoms with van der Waals surface area (Å²) in [5.74, 6) is 0.739. The summed E-state index contributed by atoms with van der Waals surface area (Å²) in [6.45, 7) is 2.25. The van der Waals surface area contributed by atoms with Crippen molar-refractivity contribution in [2.75, 3.05) is 20.1 Å². The van der Waals surface area contributed by atoms with Crippen molar-refractivity contribution in [3.63, 3.8) is 0 Å². The largest absolute Gasteiger partial charge is 0.370 e. The fourth-order valence-corrected chi connectivity index (χ4v) is 3.43. The maximum atomic E-state index is 5.95. The quantitative estimate of drug-likeness (QED) is 0.414. The van der Waals surface area contributed by atoms with E-state index in [2.05, 4.69) is 9.89 Å².